The zero-order chi connectivity index (χ0) is 27.0. The molecule has 0 atom stereocenters. The Hall–Kier alpha value is -1.88. The predicted molar refractivity (Wildman–Crippen MR) is 154 cm³/mol. The molecule has 205 valence electrons. The van der Waals surface area contributed by atoms with E-state index in [9.17, 15) is 9.90 Å². The maximum atomic E-state index is 12.1. The summed E-state index contributed by atoms with van der Waals surface area (Å²) in [4.78, 5) is 21.0. The second-order valence-corrected chi connectivity index (χ2v) is 10.8. The van der Waals surface area contributed by atoms with Crippen LogP contribution in [0.1, 0.15) is 96.8 Å². The van der Waals surface area contributed by atoms with E-state index in [2.05, 4.69) is 61.2 Å². The first-order chi connectivity index (χ1) is 17.1. The molecule has 0 spiro atoms. The van der Waals surface area contributed by atoms with Crippen LogP contribution in [0.25, 0.3) is 21.5 Å². The molecule has 37 heavy (non-hydrogen) atoms. The first kappa shape index (κ1) is 33.1. The van der Waals surface area contributed by atoms with Crippen LogP contribution in [0, 0.1) is 31.7 Å². The quantitative estimate of drug-likeness (QED) is 0.138. The molecule has 0 bridgehead atoms. The summed E-state index contributed by atoms with van der Waals surface area (Å²) in [7, 11) is 0. The van der Waals surface area contributed by atoms with Gasteiger partial charge in [-0.3, -0.25) is 9.78 Å². The van der Waals surface area contributed by atoms with Gasteiger partial charge in [-0.25, -0.2) is 4.98 Å². The molecule has 2 aromatic heterocycles. The Labute approximate surface area is 241 Å². The number of Topliss-reactive ketones (excluding diaryl/α,β-unsaturated/α-hetero) is 1. The van der Waals surface area contributed by atoms with Crippen molar-refractivity contribution in [2.75, 3.05) is 0 Å². The molecule has 0 saturated heterocycles. The molecule has 2 heterocycles. The van der Waals surface area contributed by atoms with E-state index in [1.807, 2.05) is 27.7 Å². The largest absolute Gasteiger partial charge is 0.512 e. The zero-order valence-electron chi connectivity index (χ0n) is 23.9. The van der Waals surface area contributed by atoms with Crippen molar-refractivity contribution in [3.63, 3.8) is 0 Å². The van der Waals surface area contributed by atoms with Gasteiger partial charge in [-0.2, -0.15) is 0 Å². The number of rotatable bonds is 9. The minimum absolute atomic E-state index is 0. The van der Waals surface area contributed by atoms with E-state index in [0.29, 0.717) is 17.3 Å². The molecule has 0 aliphatic heterocycles. The predicted octanol–water partition coefficient (Wildman–Crippen LogP) is 9.16. The van der Waals surface area contributed by atoms with Crippen LogP contribution in [0.4, 0.5) is 0 Å². The molecule has 0 amide bonds. The van der Waals surface area contributed by atoms with Crippen molar-refractivity contribution < 1.29 is 30.0 Å². The molecular weight excluding hydrogens is 657 g/mol. The normalized spacial score (nSPS) is 11.9. The first-order valence-corrected chi connectivity index (χ1v) is 14.1. The molecule has 6 heteroatoms. The monoisotopic (exact) mass is 700 g/mol. The van der Waals surface area contributed by atoms with E-state index in [0.717, 1.165) is 52.7 Å². The minimum atomic E-state index is 0. The molecule has 0 aliphatic carbocycles. The third-order valence-corrected chi connectivity index (χ3v) is 7.88. The Morgan fingerprint density at radius 2 is 1.59 bits per heavy atom. The SMILES string of the molecule is CCC(CC)C(=O)C(C)=C(O)C(CC)CC.Cc1[c-]c(-c2ncnc3c(C(C)C)csc23)cc(C)c1.[Ir]. The van der Waals surface area contributed by atoms with E-state index >= 15 is 0 Å². The van der Waals surface area contributed by atoms with Gasteiger partial charge >= 0.3 is 0 Å². The number of benzene rings is 1. The number of aryl methyl sites for hydroxylation is 2. The van der Waals surface area contributed by atoms with Crippen molar-refractivity contribution in [1.82, 2.24) is 9.97 Å². The van der Waals surface area contributed by atoms with E-state index in [-0.39, 0.29) is 37.7 Å². The number of aliphatic hydroxyl groups is 1. The molecule has 0 aliphatic rings. The topological polar surface area (TPSA) is 63.1 Å². The summed E-state index contributed by atoms with van der Waals surface area (Å²) in [6.45, 7) is 18.5. The van der Waals surface area contributed by atoms with Gasteiger partial charge in [0.05, 0.1) is 5.52 Å². The van der Waals surface area contributed by atoms with Gasteiger partial charge < -0.3 is 5.11 Å². The van der Waals surface area contributed by atoms with Crippen molar-refractivity contribution in [2.45, 2.75) is 93.9 Å². The fourth-order valence-corrected chi connectivity index (χ4v) is 5.75. The number of carbonyl (C=O) groups excluding carboxylic acids is 1. The second kappa shape index (κ2) is 15.5. The van der Waals surface area contributed by atoms with Crippen molar-refractivity contribution in [2.24, 2.45) is 11.8 Å². The van der Waals surface area contributed by atoms with Crippen LogP contribution in [0.5, 0.6) is 0 Å². The van der Waals surface area contributed by atoms with Crippen LogP contribution in [0.2, 0.25) is 0 Å². The van der Waals surface area contributed by atoms with Gasteiger partial charge in [0, 0.05) is 47.9 Å². The third-order valence-electron chi connectivity index (χ3n) is 6.89. The standard InChI is InChI=1S/C17H17N2S.C14H26O2.Ir/c1-10(2)14-8-20-17-15(18-9-19-16(14)17)13-6-11(3)5-12(4)7-13;1-6-11(7-2)13(15)10(5)14(16)12(8-3)9-4;/h5-6,8-10H,1-4H3;11-12,15H,6-9H2,1-5H3;/q-1;;. The van der Waals surface area contributed by atoms with E-state index in [1.165, 1.54) is 11.1 Å². The molecule has 1 aromatic carbocycles. The minimum Gasteiger partial charge on any atom is -0.512 e. The van der Waals surface area contributed by atoms with Crippen molar-refractivity contribution in [1.29, 1.82) is 0 Å². The van der Waals surface area contributed by atoms with Gasteiger partial charge in [0.15, 0.2) is 5.78 Å². The van der Waals surface area contributed by atoms with Gasteiger partial charge in [0.25, 0.3) is 0 Å². The average Bonchev–Trinajstić information content (AvgIpc) is 3.29. The number of nitrogens with zero attached hydrogens (tertiary/aromatic N) is 2. The average molecular weight is 700 g/mol. The number of allylic oxidation sites excluding steroid dienone is 2. The molecule has 4 nitrogen and oxygen atoms in total. The van der Waals surface area contributed by atoms with Gasteiger partial charge in [-0.1, -0.05) is 55.4 Å². The van der Waals surface area contributed by atoms with E-state index < -0.39 is 0 Å². The zero-order valence-corrected chi connectivity index (χ0v) is 27.1. The number of thiophene rings is 1. The summed E-state index contributed by atoms with van der Waals surface area (Å²) in [5, 5.41) is 12.3. The molecular formula is C31H43IrN2O2S-. The van der Waals surface area contributed by atoms with Crippen LogP contribution < -0.4 is 0 Å². The number of hydrogen-bond acceptors (Lipinski definition) is 5. The molecule has 0 fully saturated rings. The Balaban J connectivity index is 0.000000372. The number of fused-ring (bicyclic) bond motifs is 1. The van der Waals surface area contributed by atoms with Crippen LogP contribution in [-0.2, 0) is 24.9 Å². The Bertz CT molecular complexity index is 1170. The summed E-state index contributed by atoms with van der Waals surface area (Å²) in [5.41, 5.74) is 7.41. The van der Waals surface area contributed by atoms with Gasteiger partial charge in [-0.15, -0.1) is 46.2 Å². The summed E-state index contributed by atoms with van der Waals surface area (Å²) in [5.74, 6) is 1.11. The Morgan fingerprint density at radius 1 is 1.00 bits per heavy atom. The molecule has 0 unspecified atom stereocenters. The number of carbonyl (C=O) groups is 1. The molecule has 0 saturated carbocycles. The van der Waals surface area contributed by atoms with Gasteiger partial charge in [0.2, 0.25) is 0 Å². The van der Waals surface area contributed by atoms with Crippen LogP contribution in [0.3, 0.4) is 0 Å². The first-order valence-electron chi connectivity index (χ1n) is 13.3. The van der Waals surface area contributed by atoms with Crippen molar-refractivity contribution >= 4 is 27.3 Å². The van der Waals surface area contributed by atoms with Crippen molar-refractivity contribution in [3.05, 3.63) is 57.9 Å². The summed E-state index contributed by atoms with van der Waals surface area (Å²) in [6, 6.07) is 7.69. The molecule has 1 N–H and O–H groups in total. The number of ketones is 1. The third kappa shape index (κ3) is 8.30. The maximum Gasteiger partial charge on any atom is 0.164 e. The summed E-state index contributed by atoms with van der Waals surface area (Å²) < 4.78 is 1.16. The maximum absolute atomic E-state index is 12.1. The van der Waals surface area contributed by atoms with Gasteiger partial charge in [0.1, 0.15) is 12.1 Å². The summed E-state index contributed by atoms with van der Waals surface area (Å²) in [6.07, 6.45) is 5.14. The van der Waals surface area contributed by atoms with Crippen LogP contribution in [0.15, 0.2) is 35.2 Å². The fraction of sp³-hybridized carbons (Fsp3) is 0.516. The number of aromatic nitrogens is 2. The van der Waals surface area contributed by atoms with E-state index in [4.69, 9.17) is 0 Å². The molecule has 1 radical (unpaired) electrons. The Morgan fingerprint density at radius 3 is 2.11 bits per heavy atom. The fourth-order valence-electron chi connectivity index (χ4n) is 4.57. The molecule has 3 rings (SSSR count). The number of aliphatic hydroxyl groups excluding tert-OH is 1. The van der Waals surface area contributed by atoms with Gasteiger partial charge in [-0.05, 0) is 49.5 Å². The smallest absolute Gasteiger partial charge is 0.164 e. The Kier molecular flexibility index (Phi) is 13.9. The van der Waals surface area contributed by atoms with Crippen molar-refractivity contribution in [3.8, 4) is 11.3 Å². The van der Waals surface area contributed by atoms with Crippen LogP contribution in [-0.4, -0.2) is 20.9 Å². The second-order valence-electron chi connectivity index (χ2n) is 9.90. The molecule has 3 aromatic rings. The van der Waals surface area contributed by atoms with E-state index in [1.54, 1.807) is 24.6 Å². The summed E-state index contributed by atoms with van der Waals surface area (Å²) >= 11 is 1.73. The number of hydrogen-bond donors (Lipinski definition) is 1. The van der Waals surface area contributed by atoms with Crippen LogP contribution >= 0.6 is 11.3 Å².